The van der Waals surface area contributed by atoms with Crippen molar-refractivity contribution in [1.82, 2.24) is 9.80 Å². The molecule has 17 heavy (non-hydrogen) atoms. The zero-order valence-electron chi connectivity index (χ0n) is 10.7. The summed E-state index contributed by atoms with van der Waals surface area (Å²) >= 11 is 0. The highest BCUT2D eigenvalue weighted by Gasteiger charge is 2.38. The number of hydrogen-bond donors (Lipinski definition) is 0. The lowest BCUT2D eigenvalue weighted by molar-refractivity contribution is 0.121. The molecule has 1 unspecified atom stereocenters. The molecule has 0 bridgehead atoms. The molecule has 1 atom stereocenters. The molecule has 3 heteroatoms. The number of halogens is 1. The maximum Gasteiger partial charge on any atom is 0.137 e. The Balaban J connectivity index is 1.90. The Kier molecular flexibility index (Phi) is 3.79. The average molecular weight is 236 g/mol. The van der Waals surface area contributed by atoms with E-state index in [4.69, 9.17) is 0 Å². The van der Waals surface area contributed by atoms with Crippen molar-refractivity contribution in [2.75, 3.05) is 33.7 Å². The minimum atomic E-state index is -1.03. The molecule has 0 saturated carbocycles. The molecule has 1 heterocycles. The summed E-state index contributed by atoms with van der Waals surface area (Å²) in [5, 5.41) is 0. The van der Waals surface area contributed by atoms with Crippen LogP contribution in [0.5, 0.6) is 0 Å². The quantitative estimate of drug-likeness (QED) is 0.790. The normalized spacial score (nSPS) is 25.6. The van der Waals surface area contributed by atoms with Crippen LogP contribution in [0.3, 0.4) is 0 Å². The Morgan fingerprint density at radius 3 is 2.65 bits per heavy atom. The predicted molar refractivity (Wildman–Crippen MR) is 68.7 cm³/mol. The van der Waals surface area contributed by atoms with Gasteiger partial charge in [-0.15, -0.1) is 0 Å². The van der Waals surface area contributed by atoms with Gasteiger partial charge in [0.15, 0.2) is 0 Å². The Labute approximate surface area is 103 Å². The van der Waals surface area contributed by atoms with E-state index in [1.54, 1.807) is 0 Å². The van der Waals surface area contributed by atoms with Gasteiger partial charge in [-0.1, -0.05) is 30.3 Å². The predicted octanol–water partition coefficient (Wildman–Crippen LogP) is 2.16. The van der Waals surface area contributed by atoms with E-state index < -0.39 is 5.67 Å². The van der Waals surface area contributed by atoms with Crippen molar-refractivity contribution in [3.8, 4) is 0 Å². The molecule has 2 nitrogen and oxygen atoms in total. The Morgan fingerprint density at radius 2 is 2.00 bits per heavy atom. The first-order valence-corrected chi connectivity index (χ1v) is 6.17. The fourth-order valence-electron chi connectivity index (χ4n) is 2.59. The highest BCUT2D eigenvalue weighted by molar-refractivity contribution is 5.15. The van der Waals surface area contributed by atoms with Gasteiger partial charge < -0.3 is 4.90 Å². The van der Waals surface area contributed by atoms with Crippen LogP contribution >= 0.6 is 0 Å². The Hall–Kier alpha value is -0.930. The Morgan fingerprint density at radius 1 is 1.29 bits per heavy atom. The van der Waals surface area contributed by atoms with Crippen LogP contribution < -0.4 is 0 Å². The molecular weight excluding hydrogens is 215 g/mol. The van der Waals surface area contributed by atoms with Crippen LogP contribution in [0.25, 0.3) is 0 Å². The molecule has 0 aromatic heterocycles. The van der Waals surface area contributed by atoms with Gasteiger partial charge in [0, 0.05) is 26.2 Å². The van der Waals surface area contributed by atoms with Crippen LogP contribution in [0.1, 0.15) is 12.0 Å². The average Bonchev–Trinajstić information content (AvgIpc) is 2.60. The van der Waals surface area contributed by atoms with Crippen molar-refractivity contribution in [3.05, 3.63) is 35.9 Å². The fourth-order valence-corrected chi connectivity index (χ4v) is 2.59. The van der Waals surface area contributed by atoms with Crippen molar-refractivity contribution >= 4 is 0 Å². The molecule has 1 aromatic carbocycles. The summed E-state index contributed by atoms with van der Waals surface area (Å²) < 4.78 is 14.4. The minimum Gasteiger partial charge on any atom is -0.306 e. The van der Waals surface area contributed by atoms with Crippen LogP contribution in [-0.2, 0) is 6.54 Å². The van der Waals surface area contributed by atoms with Gasteiger partial charge in [-0.25, -0.2) is 4.39 Å². The second kappa shape index (κ2) is 5.15. The number of nitrogens with zero attached hydrogens (tertiary/aromatic N) is 2. The van der Waals surface area contributed by atoms with Crippen molar-refractivity contribution < 1.29 is 4.39 Å². The van der Waals surface area contributed by atoms with Crippen LogP contribution in [0.15, 0.2) is 30.3 Å². The largest absolute Gasteiger partial charge is 0.306 e. The molecule has 2 rings (SSSR count). The van der Waals surface area contributed by atoms with Gasteiger partial charge in [-0.2, -0.15) is 0 Å². The maximum absolute atomic E-state index is 14.4. The van der Waals surface area contributed by atoms with Gasteiger partial charge in [0.25, 0.3) is 0 Å². The molecule has 1 saturated heterocycles. The molecule has 1 aliphatic heterocycles. The summed E-state index contributed by atoms with van der Waals surface area (Å²) in [5.41, 5.74) is 0.236. The zero-order chi connectivity index (χ0) is 12.3. The van der Waals surface area contributed by atoms with Crippen LogP contribution in [-0.4, -0.2) is 49.2 Å². The first-order valence-electron chi connectivity index (χ1n) is 6.17. The molecule has 94 valence electrons. The van der Waals surface area contributed by atoms with Gasteiger partial charge >= 0.3 is 0 Å². The van der Waals surface area contributed by atoms with Gasteiger partial charge in [0.05, 0.1) is 0 Å². The highest BCUT2D eigenvalue weighted by atomic mass is 19.1. The van der Waals surface area contributed by atoms with Crippen LogP contribution in [0.2, 0.25) is 0 Å². The van der Waals surface area contributed by atoms with Crippen molar-refractivity contribution in [1.29, 1.82) is 0 Å². The van der Waals surface area contributed by atoms with Crippen molar-refractivity contribution in [2.24, 2.45) is 0 Å². The second-order valence-electron chi connectivity index (χ2n) is 5.33. The summed E-state index contributed by atoms with van der Waals surface area (Å²) in [7, 11) is 3.86. The van der Waals surface area contributed by atoms with Crippen molar-refractivity contribution in [3.63, 3.8) is 0 Å². The summed E-state index contributed by atoms with van der Waals surface area (Å²) in [6.45, 7) is 2.80. The van der Waals surface area contributed by atoms with E-state index in [1.165, 1.54) is 5.56 Å². The number of benzene rings is 1. The number of rotatable bonds is 4. The molecule has 1 fully saturated rings. The van der Waals surface area contributed by atoms with Crippen molar-refractivity contribution in [2.45, 2.75) is 18.6 Å². The first-order chi connectivity index (χ1) is 8.07. The lowest BCUT2D eigenvalue weighted by Gasteiger charge is -2.24. The van der Waals surface area contributed by atoms with E-state index in [9.17, 15) is 4.39 Å². The lowest BCUT2D eigenvalue weighted by Crippen LogP contribution is -2.38. The molecule has 1 aliphatic rings. The summed E-state index contributed by atoms with van der Waals surface area (Å²) in [5.74, 6) is 0. The summed E-state index contributed by atoms with van der Waals surface area (Å²) in [6.07, 6.45) is 0.651. The highest BCUT2D eigenvalue weighted by Crippen LogP contribution is 2.27. The summed E-state index contributed by atoms with van der Waals surface area (Å²) in [4.78, 5) is 4.14. The molecule has 0 aliphatic carbocycles. The fraction of sp³-hybridized carbons (Fsp3) is 0.571. The zero-order valence-corrected chi connectivity index (χ0v) is 10.7. The first kappa shape index (κ1) is 12.5. The molecule has 0 amide bonds. The van der Waals surface area contributed by atoms with Crippen LogP contribution in [0, 0.1) is 0 Å². The van der Waals surface area contributed by atoms with Crippen LogP contribution in [0.4, 0.5) is 4.39 Å². The van der Waals surface area contributed by atoms with E-state index in [1.807, 2.05) is 37.2 Å². The molecule has 0 N–H and O–H groups in total. The monoisotopic (exact) mass is 236 g/mol. The van der Waals surface area contributed by atoms with E-state index in [0.29, 0.717) is 19.5 Å². The van der Waals surface area contributed by atoms with Gasteiger partial charge in [0.1, 0.15) is 5.67 Å². The topological polar surface area (TPSA) is 6.48 Å². The maximum atomic E-state index is 14.4. The van der Waals surface area contributed by atoms with Gasteiger partial charge in [-0.3, -0.25) is 4.90 Å². The van der Waals surface area contributed by atoms with Gasteiger partial charge in [0.2, 0.25) is 0 Å². The summed E-state index contributed by atoms with van der Waals surface area (Å²) in [6, 6.07) is 10.3. The van der Waals surface area contributed by atoms with Gasteiger partial charge in [-0.05, 0) is 26.1 Å². The number of likely N-dealkylation sites (tertiary alicyclic amines) is 1. The number of hydrogen-bond acceptors (Lipinski definition) is 2. The molecule has 0 spiro atoms. The number of alkyl halides is 1. The minimum absolute atomic E-state index is 0.526. The third-order valence-corrected chi connectivity index (χ3v) is 3.23. The van der Waals surface area contributed by atoms with E-state index in [-0.39, 0.29) is 0 Å². The molecule has 1 aromatic rings. The molecular formula is C14H21FN2. The van der Waals surface area contributed by atoms with E-state index in [2.05, 4.69) is 17.0 Å². The smallest absolute Gasteiger partial charge is 0.137 e. The SMILES string of the molecule is CN(C)CC1(F)CCN(Cc2ccccc2)C1. The second-order valence-corrected chi connectivity index (χ2v) is 5.33. The standard InChI is InChI=1S/C14H21FN2/c1-16(2)11-14(15)8-9-17(12-14)10-13-6-4-3-5-7-13/h3-7H,8-12H2,1-2H3. The third-order valence-electron chi connectivity index (χ3n) is 3.23. The van der Waals surface area contributed by atoms with E-state index >= 15 is 0 Å². The third kappa shape index (κ3) is 3.51. The lowest BCUT2D eigenvalue weighted by atomic mass is 10.1. The van der Waals surface area contributed by atoms with E-state index in [0.717, 1.165) is 13.1 Å². The molecule has 0 radical (unpaired) electrons. The Bertz CT molecular complexity index is 352.